The van der Waals surface area contributed by atoms with Crippen molar-refractivity contribution in [2.24, 2.45) is 0 Å². The number of benzene rings is 1. The molecule has 1 fully saturated rings. The summed E-state index contributed by atoms with van der Waals surface area (Å²) in [6.45, 7) is 2.98. The molecule has 1 aliphatic heterocycles. The van der Waals surface area contributed by atoms with Crippen LogP contribution in [0.4, 0.5) is 4.79 Å². The van der Waals surface area contributed by atoms with Gasteiger partial charge >= 0.3 is 6.03 Å². The molecule has 0 spiro atoms. The van der Waals surface area contributed by atoms with Crippen LogP contribution in [0, 0.1) is 0 Å². The lowest BCUT2D eigenvalue weighted by Crippen LogP contribution is -2.48. The van der Waals surface area contributed by atoms with Gasteiger partial charge in [0.05, 0.1) is 21.0 Å². The predicted octanol–water partition coefficient (Wildman–Crippen LogP) is 3.27. The Bertz CT molecular complexity index is 905. The average molecular weight is 416 g/mol. The van der Waals surface area contributed by atoms with Gasteiger partial charge in [0, 0.05) is 36.3 Å². The smallest absolute Gasteiger partial charge is 0.317 e. The van der Waals surface area contributed by atoms with Crippen LogP contribution in [-0.4, -0.2) is 55.5 Å². The fraction of sp³-hybridized carbons (Fsp3) is 0.529. The Kier molecular flexibility index (Phi) is 5.74. The number of rotatable bonds is 4. The van der Waals surface area contributed by atoms with E-state index in [0.29, 0.717) is 24.0 Å². The van der Waals surface area contributed by atoms with Gasteiger partial charge in [-0.1, -0.05) is 11.6 Å². The Morgan fingerprint density at radius 1 is 1.42 bits per heavy atom. The maximum absolute atomic E-state index is 12.3. The number of halogens is 1. The van der Waals surface area contributed by atoms with Gasteiger partial charge in [-0.25, -0.2) is 18.2 Å². The van der Waals surface area contributed by atoms with Crippen LogP contribution in [0.15, 0.2) is 18.2 Å². The summed E-state index contributed by atoms with van der Waals surface area (Å²) < 4.78 is 23.8. The molecule has 0 aliphatic carbocycles. The van der Waals surface area contributed by atoms with Crippen molar-refractivity contribution in [2.45, 2.75) is 31.7 Å². The zero-order chi connectivity index (χ0) is 18.9. The van der Waals surface area contributed by atoms with Gasteiger partial charge in [0.15, 0.2) is 0 Å². The summed E-state index contributed by atoms with van der Waals surface area (Å²) in [5.41, 5.74) is 0.923. The Balaban J connectivity index is 1.57. The number of hydrogen-bond acceptors (Lipinski definition) is 5. The Labute approximate surface area is 162 Å². The van der Waals surface area contributed by atoms with E-state index in [-0.39, 0.29) is 11.8 Å². The minimum absolute atomic E-state index is 0.0521. The quantitative estimate of drug-likeness (QED) is 0.831. The van der Waals surface area contributed by atoms with E-state index in [1.165, 1.54) is 6.26 Å². The molecule has 0 saturated carbocycles. The summed E-state index contributed by atoms with van der Waals surface area (Å²) in [4.78, 5) is 18.8. The summed E-state index contributed by atoms with van der Waals surface area (Å²) in [7, 11) is -3.11. The fourth-order valence-electron chi connectivity index (χ4n) is 3.22. The molecule has 9 heteroatoms. The summed E-state index contributed by atoms with van der Waals surface area (Å²) in [6.07, 6.45) is 2.87. The first kappa shape index (κ1) is 19.4. The number of urea groups is 1. The van der Waals surface area contributed by atoms with Crippen molar-refractivity contribution in [1.82, 2.24) is 15.2 Å². The fourth-order valence-corrected chi connectivity index (χ4v) is 5.50. The maximum Gasteiger partial charge on any atom is 0.317 e. The van der Waals surface area contributed by atoms with Crippen molar-refractivity contribution in [2.75, 3.05) is 25.1 Å². The molecule has 3 rings (SSSR count). The topological polar surface area (TPSA) is 79.4 Å². The number of amides is 2. The molecule has 2 heterocycles. The first-order valence-corrected chi connectivity index (χ1v) is 11.8. The lowest BCUT2D eigenvalue weighted by atomic mass is 9.98. The average Bonchev–Trinajstić information content (AvgIpc) is 2.96. The number of thiazole rings is 1. The van der Waals surface area contributed by atoms with E-state index in [9.17, 15) is 13.2 Å². The summed E-state index contributed by atoms with van der Waals surface area (Å²) in [6, 6.07) is 5.14. The van der Waals surface area contributed by atoms with E-state index in [1.807, 2.05) is 18.2 Å². The molecule has 2 amide bonds. The van der Waals surface area contributed by atoms with Crippen molar-refractivity contribution in [3.63, 3.8) is 0 Å². The summed E-state index contributed by atoms with van der Waals surface area (Å²) in [5.74, 6) is 0.285. The molecule has 0 bridgehead atoms. The van der Waals surface area contributed by atoms with Crippen molar-refractivity contribution in [1.29, 1.82) is 0 Å². The van der Waals surface area contributed by atoms with E-state index in [2.05, 4.69) is 5.32 Å². The third-order valence-corrected chi connectivity index (χ3v) is 6.96. The van der Waals surface area contributed by atoms with Gasteiger partial charge in [0.1, 0.15) is 9.84 Å². The lowest BCUT2D eigenvalue weighted by Gasteiger charge is -2.32. The van der Waals surface area contributed by atoms with E-state index in [4.69, 9.17) is 16.6 Å². The standard InChI is InChI=1S/C17H22ClN3O3S2/c1-11(10-26(2,23)24)19-17(22)21-7-5-12(6-8-21)16-20-14-9-13(18)3-4-15(14)25-16/h3-4,9,11-12H,5-8,10H2,1-2H3,(H,19,22). The Hall–Kier alpha value is -1.38. The predicted molar refractivity (Wildman–Crippen MR) is 106 cm³/mol. The van der Waals surface area contributed by atoms with Crippen molar-refractivity contribution in [3.8, 4) is 0 Å². The third kappa shape index (κ3) is 4.86. The summed E-state index contributed by atoms with van der Waals surface area (Å²) in [5, 5.41) is 4.54. The molecule has 1 atom stereocenters. The molecule has 1 aromatic heterocycles. The van der Waals surface area contributed by atoms with Crippen LogP contribution in [0.2, 0.25) is 5.02 Å². The highest BCUT2D eigenvalue weighted by molar-refractivity contribution is 7.90. The van der Waals surface area contributed by atoms with E-state index >= 15 is 0 Å². The zero-order valence-corrected chi connectivity index (χ0v) is 17.1. The molecule has 1 aromatic carbocycles. The zero-order valence-electron chi connectivity index (χ0n) is 14.7. The normalized spacial score (nSPS) is 17.4. The molecule has 1 saturated heterocycles. The van der Waals surface area contributed by atoms with Crippen LogP contribution in [0.5, 0.6) is 0 Å². The van der Waals surface area contributed by atoms with Crippen LogP contribution in [0.3, 0.4) is 0 Å². The second-order valence-electron chi connectivity index (χ2n) is 6.87. The molecule has 2 aromatic rings. The number of nitrogens with zero attached hydrogens (tertiary/aromatic N) is 2. The highest BCUT2D eigenvalue weighted by Gasteiger charge is 2.27. The molecule has 1 unspecified atom stereocenters. The van der Waals surface area contributed by atoms with Crippen molar-refractivity contribution in [3.05, 3.63) is 28.2 Å². The SMILES string of the molecule is CC(CS(C)(=O)=O)NC(=O)N1CCC(c2nc3cc(Cl)ccc3s2)CC1. The number of likely N-dealkylation sites (tertiary alicyclic amines) is 1. The van der Waals surface area contributed by atoms with E-state index in [0.717, 1.165) is 28.1 Å². The van der Waals surface area contributed by atoms with E-state index in [1.54, 1.807) is 23.2 Å². The van der Waals surface area contributed by atoms with Gasteiger partial charge < -0.3 is 10.2 Å². The lowest BCUT2D eigenvalue weighted by molar-refractivity contribution is 0.179. The van der Waals surface area contributed by atoms with Crippen LogP contribution in [0.1, 0.15) is 30.7 Å². The molecule has 1 aliphatic rings. The molecular formula is C17H22ClN3O3S2. The number of hydrogen-bond donors (Lipinski definition) is 1. The van der Waals surface area contributed by atoms with Crippen molar-refractivity contribution < 1.29 is 13.2 Å². The molecule has 26 heavy (non-hydrogen) atoms. The highest BCUT2D eigenvalue weighted by Crippen LogP contribution is 2.34. The van der Waals surface area contributed by atoms with Gasteiger partial charge in [-0.05, 0) is 38.0 Å². The Morgan fingerprint density at radius 2 is 2.12 bits per heavy atom. The first-order chi connectivity index (χ1) is 12.2. The number of carbonyl (C=O) groups excluding carboxylic acids is 1. The molecule has 142 valence electrons. The maximum atomic E-state index is 12.3. The number of fused-ring (bicyclic) bond motifs is 1. The van der Waals surface area contributed by atoms with Crippen LogP contribution in [-0.2, 0) is 9.84 Å². The van der Waals surface area contributed by atoms with Gasteiger partial charge in [-0.3, -0.25) is 0 Å². The Morgan fingerprint density at radius 3 is 2.77 bits per heavy atom. The second kappa shape index (κ2) is 7.70. The van der Waals surface area contributed by atoms with Gasteiger partial charge in [0.2, 0.25) is 0 Å². The minimum Gasteiger partial charge on any atom is -0.335 e. The third-order valence-electron chi connectivity index (χ3n) is 4.42. The van der Waals surface area contributed by atoms with E-state index < -0.39 is 15.9 Å². The minimum atomic E-state index is -3.11. The number of piperidine rings is 1. The summed E-state index contributed by atoms with van der Waals surface area (Å²) >= 11 is 7.71. The molecule has 0 radical (unpaired) electrons. The largest absolute Gasteiger partial charge is 0.335 e. The van der Waals surface area contributed by atoms with Gasteiger partial charge in [-0.15, -0.1) is 11.3 Å². The second-order valence-corrected chi connectivity index (χ2v) is 10.6. The van der Waals surface area contributed by atoms with Crippen LogP contribution in [0.25, 0.3) is 10.2 Å². The number of sulfone groups is 1. The molecule has 6 nitrogen and oxygen atoms in total. The highest BCUT2D eigenvalue weighted by atomic mass is 35.5. The first-order valence-electron chi connectivity index (χ1n) is 8.50. The number of aromatic nitrogens is 1. The van der Waals surface area contributed by atoms with Gasteiger partial charge in [-0.2, -0.15) is 0 Å². The number of carbonyl (C=O) groups is 1. The van der Waals surface area contributed by atoms with Crippen molar-refractivity contribution >= 4 is 49.0 Å². The van der Waals surface area contributed by atoms with Crippen LogP contribution >= 0.6 is 22.9 Å². The monoisotopic (exact) mass is 415 g/mol. The molecule has 1 N–H and O–H groups in total. The van der Waals surface area contributed by atoms with Gasteiger partial charge in [0.25, 0.3) is 0 Å². The molecular weight excluding hydrogens is 394 g/mol. The number of nitrogens with one attached hydrogen (secondary N) is 1. The van der Waals surface area contributed by atoms with Crippen LogP contribution < -0.4 is 5.32 Å².